The summed E-state index contributed by atoms with van der Waals surface area (Å²) in [7, 11) is 0. The lowest BCUT2D eigenvalue weighted by Gasteiger charge is -2.20. The van der Waals surface area contributed by atoms with Gasteiger partial charge in [0.15, 0.2) is 0 Å². The van der Waals surface area contributed by atoms with Gasteiger partial charge >= 0.3 is 0 Å². The molecule has 0 atom stereocenters. The summed E-state index contributed by atoms with van der Waals surface area (Å²) in [4.78, 5) is 8.59. The second-order valence-corrected chi connectivity index (χ2v) is 3.05. The van der Waals surface area contributed by atoms with Gasteiger partial charge in [0.25, 0.3) is 0 Å². The molecule has 3 heterocycles. The van der Waals surface area contributed by atoms with E-state index in [1.54, 1.807) is 12.4 Å². The van der Waals surface area contributed by atoms with E-state index in [4.69, 9.17) is 0 Å². The van der Waals surface area contributed by atoms with Crippen molar-refractivity contribution >= 4 is 11.4 Å². The minimum Gasteiger partial charge on any atom is -0.299 e. The van der Waals surface area contributed by atoms with Crippen LogP contribution < -0.4 is 10.9 Å². The Kier molecular flexibility index (Phi) is 1.41. The molecule has 0 unspecified atom stereocenters. The fraction of sp³-hybridized carbons (Fsp3) is 0. The van der Waals surface area contributed by atoms with Crippen LogP contribution in [0.5, 0.6) is 0 Å². The van der Waals surface area contributed by atoms with Crippen molar-refractivity contribution in [1.82, 2.24) is 9.97 Å². The van der Waals surface area contributed by atoms with Crippen LogP contribution in [-0.4, -0.2) is 9.97 Å². The van der Waals surface area contributed by atoms with Crippen LogP contribution in [0.4, 0.5) is 11.4 Å². The molecule has 4 nitrogen and oxygen atoms in total. The van der Waals surface area contributed by atoms with E-state index >= 15 is 0 Å². The van der Waals surface area contributed by atoms with Crippen LogP contribution in [0.2, 0.25) is 0 Å². The highest BCUT2D eigenvalue weighted by Crippen LogP contribution is 2.32. The Morgan fingerprint density at radius 1 is 0.786 bits per heavy atom. The summed E-state index contributed by atoms with van der Waals surface area (Å²) in [6, 6.07) is 7.71. The van der Waals surface area contributed by atoms with E-state index < -0.39 is 0 Å². The van der Waals surface area contributed by atoms with Gasteiger partial charge in [-0.15, -0.1) is 0 Å². The van der Waals surface area contributed by atoms with Crippen molar-refractivity contribution in [2.45, 2.75) is 0 Å². The molecule has 3 rings (SSSR count). The summed E-state index contributed by atoms with van der Waals surface area (Å²) in [5.74, 6) is 0. The molecule has 0 amide bonds. The van der Waals surface area contributed by atoms with E-state index in [2.05, 4.69) is 20.8 Å². The van der Waals surface area contributed by atoms with Crippen LogP contribution >= 0.6 is 0 Å². The number of hydrazine groups is 1. The van der Waals surface area contributed by atoms with Gasteiger partial charge in [0.05, 0.1) is 11.4 Å². The molecule has 1 aliphatic rings. The summed E-state index contributed by atoms with van der Waals surface area (Å²) < 4.78 is 0. The highest BCUT2D eigenvalue weighted by atomic mass is 15.4. The minimum absolute atomic E-state index is 0.891. The van der Waals surface area contributed by atoms with Gasteiger partial charge in [-0.25, -0.2) is 0 Å². The standard InChI is InChI=1S/C10H8N4/c1-3-7-9(11-5-1)10-8(14-13-7)4-2-6-12-10/h1-6,13-14H. The third-order valence-electron chi connectivity index (χ3n) is 2.17. The average molecular weight is 184 g/mol. The summed E-state index contributed by atoms with van der Waals surface area (Å²) in [5, 5.41) is 0. The third-order valence-corrected chi connectivity index (χ3v) is 2.17. The molecule has 0 bridgehead atoms. The van der Waals surface area contributed by atoms with E-state index in [-0.39, 0.29) is 0 Å². The number of hydrogen-bond donors (Lipinski definition) is 2. The Labute approximate surface area is 81.0 Å². The Bertz CT molecular complexity index is 436. The monoisotopic (exact) mass is 184 g/mol. The normalized spacial score (nSPS) is 12.0. The van der Waals surface area contributed by atoms with Crippen LogP contribution in [0.3, 0.4) is 0 Å². The van der Waals surface area contributed by atoms with E-state index in [9.17, 15) is 0 Å². The summed E-state index contributed by atoms with van der Waals surface area (Å²) >= 11 is 0. The predicted molar refractivity (Wildman–Crippen MR) is 54.7 cm³/mol. The number of rotatable bonds is 0. The van der Waals surface area contributed by atoms with Crippen molar-refractivity contribution in [2.75, 3.05) is 10.9 Å². The minimum atomic E-state index is 0.891. The van der Waals surface area contributed by atoms with Gasteiger partial charge < -0.3 is 0 Å². The van der Waals surface area contributed by atoms with Crippen molar-refractivity contribution in [3.05, 3.63) is 36.7 Å². The molecule has 0 aromatic carbocycles. The fourth-order valence-corrected chi connectivity index (χ4v) is 1.52. The number of hydrogen-bond acceptors (Lipinski definition) is 4. The van der Waals surface area contributed by atoms with Crippen molar-refractivity contribution in [1.29, 1.82) is 0 Å². The summed E-state index contributed by atoms with van der Waals surface area (Å²) in [6.07, 6.45) is 3.54. The molecule has 14 heavy (non-hydrogen) atoms. The molecule has 4 heteroatoms. The van der Waals surface area contributed by atoms with Crippen LogP contribution in [0.15, 0.2) is 36.7 Å². The molecule has 0 radical (unpaired) electrons. The lowest BCUT2D eigenvalue weighted by molar-refractivity contribution is 1.20. The molecule has 0 spiro atoms. The molecular weight excluding hydrogens is 176 g/mol. The van der Waals surface area contributed by atoms with Crippen molar-refractivity contribution < 1.29 is 0 Å². The zero-order chi connectivity index (χ0) is 9.38. The first-order chi connectivity index (χ1) is 6.95. The highest BCUT2D eigenvalue weighted by molar-refractivity contribution is 5.85. The van der Waals surface area contributed by atoms with E-state index in [0.29, 0.717) is 0 Å². The molecule has 0 fully saturated rings. The lowest BCUT2D eigenvalue weighted by atomic mass is 10.1. The van der Waals surface area contributed by atoms with Gasteiger partial charge in [0.1, 0.15) is 11.4 Å². The largest absolute Gasteiger partial charge is 0.299 e. The fourth-order valence-electron chi connectivity index (χ4n) is 1.52. The zero-order valence-electron chi connectivity index (χ0n) is 7.36. The number of pyridine rings is 2. The van der Waals surface area contributed by atoms with E-state index in [1.165, 1.54) is 0 Å². The lowest BCUT2D eigenvalue weighted by Crippen LogP contribution is -2.16. The molecule has 2 N–H and O–H groups in total. The molecule has 2 aromatic rings. The van der Waals surface area contributed by atoms with Gasteiger partial charge in [-0.2, -0.15) is 0 Å². The van der Waals surface area contributed by atoms with Crippen LogP contribution in [0.25, 0.3) is 11.4 Å². The Hall–Kier alpha value is -2.10. The maximum absolute atomic E-state index is 4.30. The van der Waals surface area contributed by atoms with Gasteiger partial charge in [0.2, 0.25) is 0 Å². The second-order valence-electron chi connectivity index (χ2n) is 3.05. The predicted octanol–water partition coefficient (Wildman–Crippen LogP) is 1.90. The zero-order valence-corrected chi connectivity index (χ0v) is 7.36. The first kappa shape index (κ1) is 7.32. The van der Waals surface area contributed by atoms with Gasteiger partial charge in [0, 0.05) is 12.4 Å². The second kappa shape index (κ2) is 2.70. The maximum Gasteiger partial charge on any atom is 0.116 e. The SMILES string of the molecule is c1cnc2c(c1)NNc1cccnc1-2. The molecule has 0 aliphatic carbocycles. The molecule has 0 saturated carbocycles. The quantitative estimate of drug-likeness (QED) is 0.656. The number of nitrogens with zero attached hydrogens (tertiary/aromatic N) is 2. The first-order valence-electron chi connectivity index (χ1n) is 4.37. The summed E-state index contributed by atoms with van der Waals surface area (Å²) in [6.45, 7) is 0. The topological polar surface area (TPSA) is 49.8 Å². The van der Waals surface area contributed by atoms with Crippen LogP contribution in [0, 0.1) is 0 Å². The molecule has 2 aromatic heterocycles. The molecular formula is C10H8N4. The van der Waals surface area contributed by atoms with E-state index in [0.717, 1.165) is 22.8 Å². The third kappa shape index (κ3) is 0.939. The summed E-state index contributed by atoms with van der Waals surface area (Å²) in [5.41, 5.74) is 9.83. The number of fused-ring (bicyclic) bond motifs is 3. The number of nitrogens with one attached hydrogen (secondary N) is 2. The number of aromatic nitrogens is 2. The van der Waals surface area contributed by atoms with E-state index in [1.807, 2.05) is 24.3 Å². The van der Waals surface area contributed by atoms with Crippen molar-refractivity contribution in [3.8, 4) is 11.4 Å². The average Bonchev–Trinajstić information content (AvgIpc) is 2.29. The van der Waals surface area contributed by atoms with Gasteiger partial charge in [-0.05, 0) is 24.3 Å². The number of anilines is 2. The first-order valence-corrected chi connectivity index (χ1v) is 4.37. The smallest absolute Gasteiger partial charge is 0.116 e. The van der Waals surface area contributed by atoms with Crippen LogP contribution in [-0.2, 0) is 0 Å². The van der Waals surface area contributed by atoms with Crippen molar-refractivity contribution in [3.63, 3.8) is 0 Å². The van der Waals surface area contributed by atoms with Crippen molar-refractivity contribution in [2.24, 2.45) is 0 Å². The Balaban J connectivity index is 2.29. The van der Waals surface area contributed by atoms with Gasteiger partial charge in [-0.3, -0.25) is 20.8 Å². The molecule has 1 aliphatic heterocycles. The Morgan fingerprint density at radius 2 is 1.29 bits per heavy atom. The van der Waals surface area contributed by atoms with Crippen LogP contribution in [0.1, 0.15) is 0 Å². The Morgan fingerprint density at radius 3 is 1.79 bits per heavy atom. The highest BCUT2D eigenvalue weighted by Gasteiger charge is 2.16. The maximum atomic E-state index is 4.30. The van der Waals surface area contributed by atoms with Gasteiger partial charge in [-0.1, -0.05) is 0 Å². The molecule has 0 saturated heterocycles. The molecule has 68 valence electrons.